The molecule has 104 valence electrons. The zero-order valence-electron chi connectivity index (χ0n) is 11.1. The van der Waals surface area contributed by atoms with Crippen molar-refractivity contribution in [1.82, 2.24) is 5.32 Å². The summed E-state index contributed by atoms with van der Waals surface area (Å²) in [4.78, 5) is 11.8. The maximum absolute atomic E-state index is 11.8. The summed E-state index contributed by atoms with van der Waals surface area (Å²) < 4.78 is 0. The summed E-state index contributed by atoms with van der Waals surface area (Å²) in [6.45, 7) is 0.526. The molecule has 3 N–H and O–H groups in total. The number of nitrogens with one attached hydrogen (secondary N) is 1. The highest BCUT2D eigenvalue weighted by Crippen LogP contribution is 2.10. The lowest BCUT2D eigenvalue weighted by Crippen LogP contribution is -2.22. The van der Waals surface area contributed by atoms with Crippen LogP contribution in [0.15, 0.2) is 48.5 Å². The lowest BCUT2D eigenvalue weighted by Gasteiger charge is -2.06. The van der Waals surface area contributed by atoms with Crippen LogP contribution in [0.4, 0.5) is 5.69 Å². The van der Waals surface area contributed by atoms with Crippen molar-refractivity contribution in [2.75, 3.05) is 5.73 Å². The highest BCUT2D eigenvalue weighted by atomic mass is 35.5. The van der Waals surface area contributed by atoms with Crippen LogP contribution in [-0.4, -0.2) is 5.91 Å². The van der Waals surface area contributed by atoms with E-state index >= 15 is 0 Å². The molecule has 0 saturated carbocycles. The minimum atomic E-state index is 0.0387. The second kappa shape index (κ2) is 6.96. The molecule has 0 radical (unpaired) electrons. The van der Waals surface area contributed by atoms with Crippen molar-refractivity contribution in [2.45, 2.75) is 19.4 Å². The Balaban J connectivity index is 1.75. The van der Waals surface area contributed by atoms with Crippen LogP contribution in [0.3, 0.4) is 0 Å². The number of hydrogen-bond donors (Lipinski definition) is 2. The van der Waals surface area contributed by atoms with Crippen LogP contribution in [0.5, 0.6) is 0 Å². The van der Waals surface area contributed by atoms with Crippen LogP contribution in [0.1, 0.15) is 17.5 Å². The van der Waals surface area contributed by atoms with Gasteiger partial charge in [-0.1, -0.05) is 35.9 Å². The Kier molecular flexibility index (Phi) is 5.02. The summed E-state index contributed by atoms with van der Waals surface area (Å²) in [5.41, 5.74) is 8.50. The smallest absolute Gasteiger partial charge is 0.220 e. The zero-order chi connectivity index (χ0) is 14.4. The van der Waals surface area contributed by atoms with E-state index in [1.807, 2.05) is 48.5 Å². The maximum Gasteiger partial charge on any atom is 0.220 e. The number of halogens is 1. The van der Waals surface area contributed by atoms with Crippen LogP contribution in [-0.2, 0) is 17.8 Å². The van der Waals surface area contributed by atoms with E-state index in [1.165, 1.54) is 0 Å². The molecule has 0 aliphatic rings. The summed E-state index contributed by atoms with van der Waals surface area (Å²) >= 11 is 5.81. The molecule has 0 bridgehead atoms. The molecular weight excluding hydrogens is 272 g/mol. The first-order valence-corrected chi connectivity index (χ1v) is 6.87. The monoisotopic (exact) mass is 288 g/mol. The summed E-state index contributed by atoms with van der Waals surface area (Å²) in [5, 5.41) is 3.59. The summed E-state index contributed by atoms with van der Waals surface area (Å²) in [6.07, 6.45) is 1.18. The van der Waals surface area contributed by atoms with Gasteiger partial charge in [-0.15, -0.1) is 0 Å². The number of hydrogen-bond acceptors (Lipinski definition) is 2. The summed E-state index contributed by atoms with van der Waals surface area (Å²) in [7, 11) is 0. The van der Waals surface area contributed by atoms with Crippen LogP contribution in [0.2, 0.25) is 5.02 Å². The average molecular weight is 289 g/mol. The number of nitrogen functional groups attached to an aromatic ring is 1. The molecule has 20 heavy (non-hydrogen) atoms. The third-order valence-electron chi connectivity index (χ3n) is 3.02. The van der Waals surface area contributed by atoms with Crippen molar-refractivity contribution in [3.05, 3.63) is 64.7 Å². The predicted molar refractivity (Wildman–Crippen MR) is 82.5 cm³/mol. The van der Waals surface area contributed by atoms with E-state index in [2.05, 4.69) is 5.32 Å². The SMILES string of the molecule is Nc1ccc(CCC(=O)NCc2ccc(Cl)cc2)cc1. The Labute approximate surface area is 123 Å². The van der Waals surface area contributed by atoms with Gasteiger partial charge in [0.25, 0.3) is 0 Å². The number of carbonyl (C=O) groups excluding carboxylic acids is 1. The van der Waals surface area contributed by atoms with Crippen molar-refractivity contribution in [3.63, 3.8) is 0 Å². The summed E-state index contributed by atoms with van der Waals surface area (Å²) in [5.74, 6) is 0.0387. The Bertz CT molecular complexity index is 513. The molecule has 0 aromatic heterocycles. The number of carbonyl (C=O) groups is 1. The molecule has 0 unspecified atom stereocenters. The third kappa shape index (κ3) is 4.59. The van der Waals surface area contributed by atoms with Crippen molar-refractivity contribution >= 4 is 23.2 Å². The van der Waals surface area contributed by atoms with E-state index in [9.17, 15) is 4.79 Å². The molecule has 1 amide bonds. The van der Waals surface area contributed by atoms with Crippen molar-refractivity contribution < 1.29 is 4.79 Å². The Morgan fingerprint density at radius 3 is 2.25 bits per heavy atom. The lowest BCUT2D eigenvalue weighted by atomic mass is 10.1. The standard InChI is InChI=1S/C16H17ClN2O/c17-14-6-1-13(2-7-14)11-19-16(20)10-5-12-3-8-15(18)9-4-12/h1-4,6-9H,5,10-11,18H2,(H,19,20). The molecule has 2 aromatic rings. The first kappa shape index (κ1) is 14.4. The highest BCUT2D eigenvalue weighted by molar-refractivity contribution is 6.30. The quantitative estimate of drug-likeness (QED) is 0.830. The molecule has 2 aromatic carbocycles. The van der Waals surface area contributed by atoms with Gasteiger partial charge in [0.2, 0.25) is 5.91 Å². The predicted octanol–water partition coefficient (Wildman–Crippen LogP) is 3.17. The third-order valence-corrected chi connectivity index (χ3v) is 3.28. The minimum absolute atomic E-state index is 0.0387. The molecule has 0 spiro atoms. The Hall–Kier alpha value is -2.00. The Morgan fingerprint density at radius 1 is 1.00 bits per heavy atom. The molecule has 0 heterocycles. The molecule has 0 aliphatic carbocycles. The van der Waals surface area contributed by atoms with E-state index in [-0.39, 0.29) is 5.91 Å². The van der Waals surface area contributed by atoms with Gasteiger partial charge < -0.3 is 11.1 Å². The molecular formula is C16H17ClN2O. The normalized spacial score (nSPS) is 10.2. The van der Waals surface area contributed by atoms with Gasteiger partial charge in [0, 0.05) is 23.7 Å². The molecule has 0 atom stereocenters. The van der Waals surface area contributed by atoms with Crippen LogP contribution in [0, 0.1) is 0 Å². The maximum atomic E-state index is 11.8. The number of nitrogens with two attached hydrogens (primary N) is 1. The topological polar surface area (TPSA) is 55.1 Å². The van der Waals surface area contributed by atoms with Crippen molar-refractivity contribution in [1.29, 1.82) is 0 Å². The zero-order valence-corrected chi connectivity index (χ0v) is 11.9. The molecule has 3 nitrogen and oxygen atoms in total. The fraction of sp³-hybridized carbons (Fsp3) is 0.188. The number of benzene rings is 2. The fourth-order valence-corrected chi connectivity index (χ4v) is 1.96. The van der Waals surface area contributed by atoms with Gasteiger partial charge in [-0.3, -0.25) is 4.79 Å². The second-order valence-electron chi connectivity index (χ2n) is 4.64. The number of amides is 1. The van der Waals surface area contributed by atoms with Gasteiger partial charge in [-0.25, -0.2) is 0 Å². The van der Waals surface area contributed by atoms with Crippen LogP contribution in [0.25, 0.3) is 0 Å². The van der Waals surface area contributed by atoms with Gasteiger partial charge in [0.05, 0.1) is 0 Å². The van der Waals surface area contributed by atoms with Gasteiger partial charge in [0.15, 0.2) is 0 Å². The van der Waals surface area contributed by atoms with Gasteiger partial charge in [-0.2, -0.15) is 0 Å². The van der Waals surface area contributed by atoms with E-state index < -0.39 is 0 Å². The van der Waals surface area contributed by atoms with Crippen molar-refractivity contribution in [2.24, 2.45) is 0 Å². The van der Waals surface area contributed by atoms with Crippen molar-refractivity contribution in [3.8, 4) is 0 Å². The number of aryl methyl sites for hydroxylation is 1. The molecule has 0 fully saturated rings. The highest BCUT2D eigenvalue weighted by Gasteiger charge is 2.02. The minimum Gasteiger partial charge on any atom is -0.399 e. The van der Waals surface area contributed by atoms with E-state index in [1.54, 1.807) is 0 Å². The molecule has 2 rings (SSSR count). The molecule has 0 saturated heterocycles. The van der Waals surface area contributed by atoms with E-state index in [0.29, 0.717) is 24.4 Å². The first-order valence-electron chi connectivity index (χ1n) is 6.49. The summed E-state index contributed by atoms with van der Waals surface area (Å²) in [6, 6.07) is 15.0. The number of anilines is 1. The molecule has 4 heteroatoms. The van der Waals surface area contributed by atoms with Gasteiger partial charge >= 0.3 is 0 Å². The lowest BCUT2D eigenvalue weighted by molar-refractivity contribution is -0.121. The Morgan fingerprint density at radius 2 is 1.60 bits per heavy atom. The van der Waals surface area contributed by atoms with Gasteiger partial charge in [0.1, 0.15) is 0 Å². The fourth-order valence-electron chi connectivity index (χ4n) is 1.83. The molecule has 0 aliphatic heterocycles. The average Bonchev–Trinajstić information content (AvgIpc) is 2.46. The number of rotatable bonds is 5. The first-order chi connectivity index (χ1) is 9.63. The van der Waals surface area contributed by atoms with Gasteiger partial charge in [-0.05, 0) is 41.8 Å². The largest absolute Gasteiger partial charge is 0.399 e. The van der Waals surface area contributed by atoms with Crippen LogP contribution >= 0.6 is 11.6 Å². The van der Waals surface area contributed by atoms with E-state index in [4.69, 9.17) is 17.3 Å². The second-order valence-corrected chi connectivity index (χ2v) is 5.08. The van der Waals surface area contributed by atoms with Crippen LogP contribution < -0.4 is 11.1 Å². The van der Waals surface area contributed by atoms with E-state index in [0.717, 1.165) is 16.8 Å².